The maximum Gasteiger partial charge on any atom is 0.230 e. The number of aryl methyl sites for hydroxylation is 2. The fraction of sp³-hybridized carbons (Fsp3) is 0.360. The van der Waals surface area contributed by atoms with E-state index >= 15 is 0 Å². The number of amides is 2. The number of rotatable bonds is 4. The van der Waals surface area contributed by atoms with Gasteiger partial charge in [-0.15, -0.1) is 11.3 Å². The van der Waals surface area contributed by atoms with Crippen molar-refractivity contribution in [1.29, 1.82) is 0 Å². The first-order chi connectivity index (χ1) is 15.3. The molecule has 5 rings (SSSR count). The minimum Gasteiger partial charge on any atom is -0.300 e. The lowest BCUT2D eigenvalue weighted by molar-refractivity contribution is -0.139. The summed E-state index contributed by atoms with van der Waals surface area (Å²) in [5.41, 5.74) is 4.82. The second-order valence-corrected chi connectivity index (χ2v) is 10.2. The van der Waals surface area contributed by atoms with Gasteiger partial charge in [0.25, 0.3) is 0 Å². The van der Waals surface area contributed by atoms with E-state index in [0.717, 1.165) is 46.2 Å². The van der Waals surface area contributed by atoms with Crippen molar-refractivity contribution in [3.8, 4) is 11.1 Å². The van der Waals surface area contributed by atoms with Crippen molar-refractivity contribution in [1.82, 2.24) is 9.88 Å². The van der Waals surface area contributed by atoms with Crippen molar-refractivity contribution in [3.63, 3.8) is 0 Å². The number of aromatic nitrogens is 1. The lowest BCUT2D eigenvalue weighted by Gasteiger charge is -2.21. The molecule has 1 fully saturated rings. The van der Waals surface area contributed by atoms with E-state index in [9.17, 15) is 14.4 Å². The van der Waals surface area contributed by atoms with Crippen molar-refractivity contribution in [2.75, 3.05) is 0 Å². The van der Waals surface area contributed by atoms with Gasteiger partial charge in [0.2, 0.25) is 11.8 Å². The topological polar surface area (TPSA) is 67.3 Å². The average molecular weight is 467 g/mol. The van der Waals surface area contributed by atoms with Crippen molar-refractivity contribution < 1.29 is 14.4 Å². The van der Waals surface area contributed by atoms with Crippen molar-refractivity contribution in [2.24, 2.45) is 5.92 Å². The molecule has 32 heavy (non-hydrogen) atoms. The lowest BCUT2D eigenvalue weighted by Crippen LogP contribution is -2.29. The van der Waals surface area contributed by atoms with Crippen LogP contribution in [-0.2, 0) is 33.8 Å². The monoisotopic (exact) mass is 466 g/mol. The van der Waals surface area contributed by atoms with Gasteiger partial charge in [0.05, 0.1) is 17.3 Å². The van der Waals surface area contributed by atoms with E-state index < -0.39 is 0 Å². The molecule has 3 aromatic rings. The van der Waals surface area contributed by atoms with Crippen molar-refractivity contribution >= 4 is 50.8 Å². The van der Waals surface area contributed by atoms with Crippen LogP contribution in [0.25, 0.3) is 21.3 Å². The Bertz CT molecular complexity index is 1260. The SMILES string of the molecule is CC(=O)C1CCc2c(sc3nc(CN4C(=O)CCC4=O)c(Cl)c(-c4ccc(C)cc4)c23)C1. The highest BCUT2D eigenvalue weighted by Crippen LogP contribution is 2.45. The first-order valence-electron chi connectivity index (χ1n) is 10.9. The molecule has 1 unspecified atom stereocenters. The van der Waals surface area contributed by atoms with Gasteiger partial charge in [-0.2, -0.15) is 0 Å². The van der Waals surface area contributed by atoms with E-state index in [1.165, 1.54) is 15.3 Å². The standard InChI is InChI=1S/C25H23ClN2O3S/c1-13-3-5-15(6-4-13)22-23-17-8-7-16(14(2)29)11-19(17)32-25(23)27-18(24(22)26)12-28-20(30)9-10-21(28)31/h3-6,16H,7-12H2,1-2H3. The number of nitrogens with zero attached hydrogens (tertiary/aromatic N) is 2. The molecule has 0 saturated carbocycles. The molecule has 1 saturated heterocycles. The fourth-order valence-electron chi connectivity index (χ4n) is 4.73. The van der Waals surface area contributed by atoms with Crippen LogP contribution in [0.4, 0.5) is 0 Å². The first kappa shape index (κ1) is 21.3. The normalized spacial score (nSPS) is 18.5. The van der Waals surface area contributed by atoms with E-state index in [-0.39, 0.29) is 42.9 Å². The molecule has 1 aromatic carbocycles. The van der Waals surface area contributed by atoms with Gasteiger partial charge in [0.15, 0.2) is 0 Å². The quantitative estimate of drug-likeness (QED) is 0.491. The van der Waals surface area contributed by atoms with Crippen LogP contribution in [0.1, 0.15) is 47.9 Å². The number of fused-ring (bicyclic) bond motifs is 3. The predicted molar refractivity (Wildman–Crippen MR) is 126 cm³/mol. The van der Waals surface area contributed by atoms with Crippen LogP contribution in [0.2, 0.25) is 5.02 Å². The van der Waals surface area contributed by atoms with Gasteiger partial charge < -0.3 is 0 Å². The number of likely N-dealkylation sites (tertiary alicyclic amines) is 1. The van der Waals surface area contributed by atoms with Crippen LogP contribution < -0.4 is 0 Å². The zero-order valence-corrected chi connectivity index (χ0v) is 19.6. The summed E-state index contributed by atoms with van der Waals surface area (Å²) in [6.45, 7) is 3.79. The van der Waals surface area contributed by atoms with Gasteiger partial charge in [0.1, 0.15) is 10.6 Å². The van der Waals surface area contributed by atoms with Crippen LogP contribution >= 0.6 is 22.9 Å². The van der Waals surface area contributed by atoms with E-state index in [0.29, 0.717) is 10.7 Å². The Labute approximate surface area is 195 Å². The molecule has 1 aliphatic carbocycles. The molecule has 0 spiro atoms. The third-order valence-corrected chi connectivity index (χ3v) is 8.14. The number of halogens is 1. The molecular weight excluding hydrogens is 444 g/mol. The van der Waals surface area contributed by atoms with Crippen LogP contribution in [0.3, 0.4) is 0 Å². The van der Waals surface area contributed by atoms with Crippen LogP contribution in [0, 0.1) is 12.8 Å². The number of hydrogen-bond acceptors (Lipinski definition) is 5. The third kappa shape index (κ3) is 3.55. The lowest BCUT2D eigenvalue weighted by atomic mass is 9.84. The Morgan fingerprint density at radius 2 is 1.84 bits per heavy atom. The van der Waals surface area contributed by atoms with Gasteiger partial charge in [-0.25, -0.2) is 4.98 Å². The molecule has 5 nitrogen and oxygen atoms in total. The van der Waals surface area contributed by atoms with Gasteiger partial charge in [-0.05, 0) is 44.2 Å². The molecular formula is C25H23ClN2O3S. The molecule has 0 radical (unpaired) electrons. The summed E-state index contributed by atoms with van der Waals surface area (Å²) in [5, 5.41) is 1.53. The molecule has 0 bridgehead atoms. The Kier molecular flexibility index (Phi) is 5.38. The third-order valence-electron chi connectivity index (χ3n) is 6.58. The zero-order chi connectivity index (χ0) is 22.6. The highest BCUT2D eigenvalue weighted by Gasteiger charge is 2.32. The number of carbonyl (C=O) groups is 3. The minimum atomic E-state index is -0.181. The summed E-state index contributed by atoms with van der Waals surface area (Å²) in [5.74, 6) is -0.0861. The summed E-state index contributed by atoms with van der Waals surface area (Å²) >= 11 is 8.56. The van der Waals surface area contributed by atoms with Crippen molar-refractivity contribution in [3.05, 3.63) is 51.0 Å². The minimum absolute atomic E-state index is 0.0492. The van der Waals surface area contributed by atoms with Crippen LogP contribution in [-0.4, -0.2) is 27.5 Å². The average Bonchev–Trinajstić information content (AvgIpc) is 3.28. The zero-order valence-electron chi connectivity index (χ0n) is 18.0. The number of pyridine rings is 1. The van der Waals surface area contributed by atoms with Gasteiger partial charge in [0, 0.05) is 34.6 Å². The maximum atomic E-state index is 12.2. The summed E-state index contributed by atoms with van der Waals surface area (Å²) in [6.07, 6.45) is 2.86. The molecule has 2 aliphatic rings. The van der Waals surface area contributed by atoms with Gasteiger partial charge >= 0.3 is 0 Å². The number of Topliss-reactive ketones (excluding diaryl/α,β-unsaturated/α-hetero) is 1. The van der Waals surface area contributed by atoms with E-state index in [1.54, 1.807) is 18.3 Å². The van der Waals surface area contributed by atoms with E-state index in [4.69, 9.17) is 16.6 Å². The van der Waals surface area contributed by atoms with Crippen LogP contribution in [0.5, 0.6) is 0 Å². The Morgan fingerprint density at radius 1 is 1.16 bits per heavy atom. The highest BCUT2D eigenvalue weighted by atomic mass is 35.5. The smallest absolute Gasteiger partial charge is 0.230 e. The maximum absolute atomic E-state index is 12.2. The first-order valence-corrected chi connectivity index (χ1v) is 12.1. The number of benzene rings is 1. The molecule has 3 heterocycles. The Balaban J connectivity index is 1.70. The molecule has 0 N–H and O–H groups in total. The molecule has 2 aromatic heterocycles. The molecule has 7 heteroatoms. The highest BCUT2D eigenvalue weighted by molar-refractivity contribution is 7.19. The second kappa shape index (κ2) is 8.09. The van der Waals surface area contributed by atoms with Gasteiger partial charge in [-0.3, -0.25) is 19.3 Å². The number of thiophene rings is 1. The molecule has 1 aliphatic heterocycles. The number of ketones is 1. The molecule has 164 valence electrons. The Hall–Kier alpha value is -2.57. The number of hydrogen-bond donors (Lipinski definition) is 0. The molecule has 1 atom stereocenters. The van der Waals surface area contributed by atoms with E-state index in [1.807, 2.05) is 6.92 Å². The van der Waals surface area contributed by atoms with Crippen LogP contribution in [0.15, 0.2) is 24.3 Å². The predicted octanol–water partition coefficient (Wildman–Crippen LogP) is 5.27. The summed E-state index contributed by atoms with van der Waals surface area (Å²) in [4.78, 5) is 44.6. The fourth-order valence-corrected chi connectivity index (χ4v) is 6.36. The largest absolute Gasteiger partial charge is 0.300 e. The second-order valence-electron chi connectivity index (χ2n) is 8.72. The van der Waals surface area contributed by atoms with Gasteiger partial charge in [-0.1, -0.05) is 41.4 Å². The summed E-state index contributed by atoms with van der Waals surface area (Å²) in [7, 11) is 0. The van der Waals surface area contributed by atoms with E-state index in [2.05, 4.69) is 24.3 Å². The number of carbonyl (C=O) groups excluding carboxylic acids is 3. The number of imide groups is 1. The molecule has 2 amide bonds. The Morgan fingerprint density at radius 3 is 2.50 bits per heavy atom. The van der Waals surface area contributed by atoms with Crippen molar-refractivity contribution in [2.45, 2.75) is 52.5 Å². The summed E-state index contributed by atoms with van der Waals surface area (Å²) in [6, 6.07) is 8.21. The summed E-state index contributed by atoms with van der Waals surface area (Å²) < 4.78 is 0.